The molecule has 4 aliphatic rings. The zero-order chi connectivity index (χ0) is 14.2. The summed E-state index contributed by atoms with van der Waals surface area (Å²) in [5, 5.41) is 6.47. The lowest BCUT2D eigenvalue weighted by atomic mass is 9.53. The molecule has 0 aromatic heterocycles. The van der Waals surface area contributed by atoms with Crippen molar-refractivity contribution in [2.24, 2.45) is 23.5 Å². The van der Waals surface area contributed by atoms with Crippen LogP contribution in [0, 0.1) is 17.8 Å². The average molecular weight is 279 g/mol. The fourth-order valence-electron chi connectivity index (χ4n) is 5.31. The van der Waals surface area contributed by atoms with Crippen LogP contribution in [0.15, 0.2) is 0 Å². The normalized spacial score (nSPS) is 39.6. The van der Waals surface area contributed by atoms with Crippen molar-refractivity contribution in [2.75, 3.05) is 6.54 Å². The van der Waals surface area contributed by atoms with Crippen LogP contribution in [-0.4, -0.2) is 24.2 Å². The van der Waals surface area contributed by atoms with E-state index in [4.69, 9.17) is 5.73 Å². The van der Waals surface area contributed by atoms with Crippen LogP contribution >= 0.6 is 0 Å². The second-order valence-electron chi connectivity index (χ2n) is 7.48. The highest BCUT2D eigenvalue weighted by molar-refractivity contribution is 5.75. The standard InChI is InChI=1S/C16H29N3O/c1-2-14(3-4-17)18-15(20)19-16-8-11-5-12(9-16)7-13(6-11)10-16/h11-14H,2-10,17H2,1H3,(H2,18,19,20). The van der Waals surface area contributed by atoms with Crippen molar-refractivity contribution in [3.8, 4) is 0 Å². The first-order valence-electron chi connectivity index (χ1n) is 8.41. The van der Waals surface area contributed by atoms with Gasteiger partial charge in [0.2, 0.25) is 0 Å². The molecule has 0 heterocycles. The molecule has 4 saturated carbocycles. The number of nitrogens with two attached hydrogens (primary N) is 1. The summed E-state index contributed by atoms with van der Waals surface area (Å²) in [4.78, 5) is 12.3. The molecular weight excluding hydrogens is 250 g/mol. The van der Waals surface area contributed by atoms with Gasteiger partial charge in [0.1, 0.15) is 0 Å². The third kappa shape index (κ3) is 2.80. The smallest absolute Gasteiger partial charge is 0.315 e. The zero-order valence-corrected chi connectivity index (χ0v) is 12.7. The van der Waals surface area contributed by atoms with Gasteiger partial charge in [-0.2, -0.15) is 0 Å². The van der Waals surface area contributed by atoms with Crippen molar-refractivity contribution >= 4 is 6.03 Å². The molecule has 4 fully saturated rings. The summed E-state index contributed by atoms with van der Waals surface area (Å²) in [6.07, 6.45) is 9.67. The highest BCUT2D eigenvalue weighted by atomic mass is 16.2. The summed E-state index contributed by atoms with van der Waals surface area (Å²) in [6.45, 7) is 2.74. The van der Waals surface area contributed by atoms with Crippen LogP contribution in [0.2, 0.25) is 0 Å². The maximum Gasteiger partial charge on any atom is 0.315 e. The SMILES string of the molecule is CCC(CCN)NC(=O)NC12CC3CC(CC(C3)C1)C2. The Morgan fingerprint density at radius 2 is 1.75 bits per heavy atom. The summed E-state index contributed by atoms with van der Waals surface area (Å²) < 4.78 is 0. The first kappa shape index (κ1) is 14.2. The van der Waals surface area contributed by atoms with Crippen LogP contribution in [0.4, 0.5) is 4.79 Å². The average Bonchev–Trinajstić information content (AvgIpc) is 2.35. The first-order chi connectivity index (χ1) is 9.62. The van der Waals surface area contributed by atoms with Crippen LogP contribution in [0.5, 0.6) is 0 Å². The molecule has 0 saturated heterocycles. The van der Waals surface area contributed by atoms with Crippen LogP contribution < -0.4 is 16.4 Å². The maximum absolute atomic E-state index is 12.3. The van der Waals surface area contributed by atoms with E-state index in [9.17, 15) is 4.79 Å². The summed E-state index contributed by atoms with van der Waals surface area (Å²) in [5.41, 5.74) is 5.71. The number of carbonyl (C=O) groups excluding carboxylic acids is 1. The van der Waals surface area contributed by atoms with Gasteiger partial charge in [0.15, 0.2) is 0 Å². The first-order valence-corrected chi connectivity index (χ1v) is 8.41. The molecule has 1 atom stereocenters. The van der Waals surface area contributed by atoms with Gasteiger partial charge >= 0.3 is 6.03 Å². The lowest BCUT2D eigenvalue weighted by Crippen LogP contribution is -2.62. The van der Waals surface area contributed by atoms with E-state index in [1.165, 1.54) is 38.5 Å². The predicted octanol–water partition coefficient (Wildman–Crippen LogP) is 2.38. The molecule has 0 aromatic carbocycles. The second-order valence-corrected chi connectivity index (χ2v) is 7.48. The molecule has 4 N–H and O–H groups in total. The van der Waals surface area contributed by atoms with E-state index in [-0.39, 0.29) is 17.6 Å². The lowest BCUT2D eigenvalue weighted by Gasteiger charge is -2.56. The third-order valence-electron chi connectivity index (χ3n) is 5.76. The second kappa shape index (κ2) is 5.55. The quantitative estimate of drug-likeness (QED) is 0.723. The van der Waals surface area contributed by atoms with Crippen molar-refractivity contribution in [2.45, 2.75) is 69.9 Å². The summed E-state index contributed by atoms with van der Waals surface area (Å²) >= 11 is 0. The Morgan fingerprint density at radius 1 is 1.20 bits per heavy atom. The van der Waals surface area contributed by atoms with Crippen molar-refractivity contribution in [3.05, 3.63) is 0 Å². The van der Waals surface area contributed by atoms with Crippen molar-refractivity contribution in [1.29, 1.82) is 0 Å². The minimum atomic E-state index is 0.0345. The molecule has 0 radical (unpaired) electrons. The monoisotopic (exact) mass is 279 g/mol. The molecular formula is C16H29N3O. The minimum Gasteiger partial charge on any atom is -0.335 e. The van der Waals surface area contributed by atoms with E-state index < -0.39 is 0 Å². The van der Waals surface area contributed by atoms with E-state index in [0.29, 0.717) is 6.54 Å². The molecule has 0 spiro atoms. The fourth-order valence-corrected chi connectivity index (χ4v) is 5.31. The molecule has 0 aliphatic heterocycles. The van der Waals surface area contributed by atoms with Crippen molar-refractivity contribution in [3.63, 3.8) is 0 Å². The minimum absolute atomic E-state index is 0.0345. The van der Waals surface area contributed by atoms with Gasteiger partial charge in [0, 0.05) is 11.6 Å². The van der Waals surface area contributed by atoms with Crippen LogP contribution in [0.3, 0.4) is 0 Å². The molecule has 4 aliphatic carbocycles. The molecule has 4 nitrogen and oxygen atoms in total. The number of carbonyl (C=O) groups is 1. The summed E-state index contributed by atoms with van der Waals surface area (Å²) in [5.74, 6) is 2.60. The van der Waals surface area contributed by atoms with Crippen LogP contribution in [0.1, 0.15) is 58.3 Å². The molecule has 0 aromatic rings. The Morgan fingerprint density at radius 3 is 2.20 bits per heavy atom. The van der Waals surface area contributed by atoms with E-state index >= 15 is 0 Å². The number of hydrogen-bond acceptors (Lipinski definition) is 2. The van der Waals surface area contributed by atoms with Crippen molar-refractivity contribution in [1.82, 2.24) is 10.6 Å². The topological polar surface area (TPSA) is 67.1 Å². The van der Waals surface area contributed by atoms with Gasteiger partial charge in [-0.1, -0.05) is 6.92 Å². The van der Waals surface area contributed by atoms with Gasteiger partial charge in [-0.15, -0.1) is 0 Å². The van der Waals surface area contributed by atoms with E-state index in [1.807, 2.05) is 0 Å². The van der Waals surface area contributed by atoms with Crippen LogP contribution in [-0.2, 0) is 0 Å². The number of rotatable bonds is 5. The Hall–Kier alpha value is -0.770. The Bertz CT molecular complexity index is 333. The summed E-state index contributed by atoms with van der Waals surface area (Å²) in [6, 6.07) is 0.251. The highest BCUT2D eigenvalue weighted by Crippen LogP contribution is 2.55. The van der Waals surface area contributed by atoms with Gasteiger partial charge in [-0.25, -0.2) is 4.79 Å². The van der Waals surface area contributed by atoms with Gasteiger partial charge < -0.3 is 16.4 Å². The highest BCUT2D eigenvalue weighted by Gasteiger charge is 2.51. The van der Waals surface area contributed by atoms with Gasteiger partial charge in [0.05, 0.1) is 0 Å². The molecule has 4 heteroatoms. The number of urea groups is 1. The van der Waals surface area contributed by atoms with Crippen LogP contribution in [0.25, 0.3) is 0 Å². The van der Waals surface area contributed by atoms with E-state index in [1.54, 1.807) is 0 Å². The Kier molecular flexibility index (Phi) is 3.93. The predicted molar refractivity (Wildman–Crippen MR) is 80.3 cm³/mol. The largest absolute Gasteiger partial charge is 0.335 e. The molecule has 4 bridgehead atoms. The Balaban J connectivity index is 1.58. The fraction of sp³-hybridized carbons (Fsp3) is 0.938. The third-order valence-corrected chi connectivity index (χ3v) is 5.76. The van der Waals surface area contributed by atoms with Gasteiger partial charge in [0.25, 0.3) is 0 Å². The molecule has 2 amide bonds. The molecule has 4 rings (SSSR count). The number of nitrogens with one attached hydrogen (secondary N) is 2. The van der Waals surface area contributed by atoms with E-state index in [2.05, 4.69) is 17.6 Å². The lowest BCUT2D eigenvalue weighted by molar-refractivity contribution is -0.0136. The molecule has 114 valence electrons. The van der Waals surface area contributed by atoms with Gasteiger partial charge in [-0.3, -0.25) is 0 Å². The number of hydrogen-bond donors (Lipinski definition) is 3. The van der Waals surface area contributed by atoms with Crippen molar-refractivity contribution < 1.29 is 4.79 Å². The maximum atomic E-state index is 12.3. The summed E-state index contributed by atoms with van der Waals surface area (Å²) in [7, 11) is 0. The molecule has 1 unspecified atom stereocenters. The Labute approximate surface area is 122 Å². The van der Waals surface area contributed by atoms with Gasteiger partial charge in [-0.05, 0) is 75.7 Å². The molecule has 20 heavy (non-hydrogen) atoms. The zero-order valence-electron chi connectivity index (χ0n) is 12.7. The van der Waals surface area contributed by atoms with E-state index in [0.717, 1.165) is 30.6 Å². The number of amides is 2.